The van der Waals surface area contributed by atoms with Crippen LogP contribution in [0.3, 0.4) is 0 Å². The van der Waals surface area contributed by atoms with Crippen molar-refractivity contribution >= 4 is 24.2 Å². The van der Waals surface area contributed by atoms with Gasteiger partial charge in [-0.3, -0.25) is 0 Å². The molecule has 26 heavy (non-hydrogen) atoms. The monoisotopic (exact) mass is 389 g/mol. The van der Waals surface area contributed by atoms with Gasteiger partial charge in [-0.1, -0.05) is 6.07 Å². The number of hydrogen-bond acceptors (Lipinski definition) is 7. The van der Waals surface area contributed by atoms with Gasteiger partial charge in [-0.05, 0) is 41.4 Å². The predicted molar refractivity (Wildman–Crippen MR) is 106 cm³/mol. The fraction of sp³-hybridized carbons (Fsp3) is 0.211. The highest BCUT2D eigenvalue weighted by atomic mass is 32.1. The Bertz CT molecular complexity index is 899. The number of methoxy groups -OCH3 is 4. The molecule has 136 valence electrons. The van der Waals surface area contributed by atoms with Crippen molar-refractivity contribution in [2.24, 2.45) is 0 Å². The molecule has 0 N–H and O–H groups in total. The Morgan fingerprint density at radius 3 is 2.00 bits per heavy atom. The highest BCUT2D eigenvalue weighted by Crippen LogP contribution is 2.45. The third-order valence-electron chi connectivity index (χ3n) is 3.99. The van der Waals surface area contributed by atoms with E-state index in [9.17, 15) is 0 Å². The standard InChI is InChI=1S/C19H19NO4S2/c1-21-14-6-5-11(9-17(14)25)13-10-20-26-19(13)12-7-15(22-2)18(24-4)16(8-12)23-3/h5-10,25H,1-4H3. The van der Waals surface area contributed by atoms with E-state index in [-0.39, 0.29) is 0 Å². The number of ether oxygens (including phenoxy) is 4. The molecular formula is C19H19NO4S2. The number of thiol groups is 1. The molecule has 0 saturated carbocycles. The zero-order valence-electron chi connectivity index (χ0n) is 14.9. The topological polar surface area (TPSA) is 49.8 Å². The molecule has 0 saturated heterocycles. The molecule has 3 rings (SSSR count). The van der Waals surface area contributed by atoms with Crippen LogP contribution in [-0.4, -0.2) is 32.8 Å². The fourth-order valence-electron chi connectivity index (χ4n) is 2.72. The molecular weight excluding hydrogens is 370 g/mol. The zero-order chi connectivity index (χ0) is 18.7. The van der Waals surface area contributed by atoms with Crippen LogP contribution >= 0.6 is 24.2 Å². The van der Waals surface area contributed by atoms with Crippen LogP contribution in [-0.2, 0) is 0 Å². The summed E-state index contributed by atoms with van der Waals surface area (Å²) in [4.78, 5) is 1.77. The Balaban J connectivity index is 2.13. The van der Waals surface area contributed by atoms with Crippen LogP contribution in [0.25, 0.3) is 21.6 Å². The minimum absolute atomic E-state index is 0.562. The van der Waals surface area contributed by atoms with Gasteiger partial charge in [0.05, 0.1) is 33.3 Å². The molecule has 1 aromatic heterocycles. The summed E-state index contributed by atoms with van der Waals surface area (Å²) in [5.41, 5.74) is 2.95. The van der Waals surface area contributed by atoms with E-state index in [1.807, 2.05) is 36.5 Å². The lowest BCUT2D eigenvalue weighted by molar-refractivity contribution is 0.324. The minimum atomic E-state index is 0.562. The van der Waals surface area contributed by atoms with Crippen molar-refractivity contribution in [1.29, 1.82) is 0 Å². The van der Waals surface area contributed by atoms with E-state index < -0.39 is 0 Å². The summed E-state index contributed by atoms with van der Waals surface area (Å²) < 4.78 is 26.0. The fourth-order valence-corrected chi connectivity index (χ4v) is 3.78. The van der Waals surface area contributed by atoms with Crippen molar-refractivity contribution in [3.8, 4) is 44.6 Å². The second-order valence-corrected chi connectivity index (χ2v) is 6.65. The van der Waals surface area contributed by atoms with Gasteiger partial charge in [0.2, 0.25) is 5.75 Å². The lowest BCUT2D eigenvalue weighted by atomic mass is 10.0. The quantitative estimate of drug-likeness (QED) is 0.614. The maximum Gasteiger partial charge on any atom is 0.203 e. The average Bonchev–Trinajstić information content (AvgIpc) is 3.16. The summed E-state index contributed by atoms with van der Waals surface area (Å²) in [6.45, 7) is 0. The maximum absolute atomic E-state index is 5.46. The van der Waals surface area contributed by atoms with Gasteiger partial charge < -0.3 is 18.9 Å². The van der Waals surface area contributed by atoms with Gasteiger partial charge in [0.1, 0.15) is 5.75 Å². The Hall–Kier alpha value is -2.38. The Morgan fingerprint density at radius 1 is 0.808 bits per heavy atom. The van der Waals surface area contributed by atoms with Crippen molar-refractivity contribution in [3.63, 3.8) is 0 Å². The summed E-state index contributed by atoms with van der Waals surface area (Å²) in [5.74, 6) is 2.50. The van der Waals surface area contributed by atoms with E-state index in [0.29, 0.717) is 17.2 Å². The second kappa shape index (κ2) is 7.88. The van der Waals surface area contributed by atoms with Crippen molar-refractivity contribution in [3.05, 3.63) is 36.5 Å². The number of rotatable bonds is 6. The van der Waals surface area contributed by atoms with E-state index >= 15 is 0 Å². The van der Waals surface area contributed by atoms with Gasteiger partial charge in [0.25, 0.3) is 0 Å². The summed E-state index contributed by atoms with van der Waals surface area (Å²) >= 11 is 5.90. The Labute approximate surface area is 162 Å². The Kier molecular flexibility index (Phi) is 5.58. The molecule has 0 aliphatic rings. The SMILES string of the molecule is COc1ccc(-c2cnsc2-c2cc(OC)c(OC)c(OC)c2)cc1S. The molecule has 0 aliphatic heterocycles. The molecule has 0 radical (unpaired) electrons. The molecule has 2 aromatic carbocycles. The van der Waals surface area contributed by atoms with Gasteiger partial charge in [-0.25, -0.2) is 0 Å². The van der Waals surface area contributed by atoms with Crippen LogP contribution in [0, 0.1) is 0 Å². The Morgan fingerprint density at radius 2 is 1.46 bits per heavy atom. The van der Waals surface area contributed by atoms with Crippen molar-refractivity contribution in [2.45, 2.75) is 4.90 Å². The highest BCUT2D eigenvalue weighted by molar-refractivity contribution is 7.80. The molecule has 0 amide bonds. The maximum atomic E-state index is 5.46. The van der Waals surface area contributed by atoms with E-state index in [2.05, 4.69) is 17.0 Å². The number of nitrogens with zero attached hydrogens (tertiary/aromatic N) is 1. The first-order valence-electron chi connectivity index (χ1n) is 7.75. The lowest BCUT2D eigenvalue weighted by Crippen LogP contribution is -1.95. The molecule has 3 aromatic rings. The van der Waals surface area contributed by atoms with Crippen molar-refractivity contribution in [1.82, 2.24) is 4.37 Å². The van der Waals surface area contributed by atoms with Crippen LogP contribution in [0.5, 0.6) is 23.0 Å². The number of aromatic nitrogens is 1. The molecule has 7 heteroatoms. The lowest BCUT2D eigenvalue weighted by Gasteiger charge is -2.14. The molecule has 0 unspecified atom stereocenters. The first-order valence-corrected chi connectivity index (χ1v) is 8.97. The van der Waals surface area contributed by atoms with Crippen LogP contribution in [0.15, 0.2) is 41.4 Å². The van der Waals surface area contributed by atoms with Crippen LogP contribution < -0.4 is 18.9 Å². The number of hydrogen-bond donors (Lipinski definition) is 1. The summed E-state index contributed by atoms with van der Waals surface area (Å²) in [5, 5.41) is 0. The normalized spacial score (nSPS) is 10.5. The second-order valence-electron chi connectivity index (χ2n) is 5.37. The van der Waals surface area contributed by atoms with Gasteiger partial charge in [-0.2, -0.15) is 4.37 Å². The van der Waals surface area contributed by atoms with Crippen molar-refractivity contribution in [2.75, 3.05) is 28.4 Å². The smallest absolute Gasteiger partial charge is 0.203 e. The minimum Gasteiger partial charge on any atom is -0.496 e. The van der Waals surface area contributed by atoms with Crippen LogP contribution in [0.1, 0.15) is 0 Å². The first kappa shape index (κ1) is 18.4. The molecule has 5 nitrogen and oxygen atoms in total. The van der Waals surface area contributed by atoms with Gasteiger partial charge >= 0.3 is 0 Å². The molecule has 0 aliphatic carbocycles. The van der Waals surface area contributed by atoms with Crippen molar-refractivity contribution < 1.29 is 18.9 Å². The third-order valence-corrected chi connectivity index (χ3v) is 5.19. The molecule has 1 heterocycles. The third kappa shape index (κ3) is 3.32. The zero-order valence-corrected chi connectivity index (χ0v) is 16.6. The van der Waals surface area contributed by atoms with Gasteiger partial charge in [0.15, 0.2) is 11.5 Å². The number of benzene rings is 2. The van der Waals surface area contributed by atoms with E-state index in [4.69, 9.17) is 18.9 Å². The van der Waals surface area contributed by atoms with E-state index in [0.717, 1.165) is 32.2 Å². The first-order chi connectivity index (χ1) is 12.6. The van der Waals surface area contributed by atoms with E-state index in [1.54, 1.807) is 28.4 Å². The van der Waals surface area contributed by atoms with Gasteiger partial charge in [-0.15, -0.1) is 12.6 Å². The summed E-state index contributed by atoms with van der Waals surface area (Å²) in [6.07, 6.45) is 1.85. The summed E-state index contributed by atoms with van der Waals surface area (Å²) in [7, 11) is 6.42. The van der Waals surface area contributed by atoms with Crippen LogP contribution in [0.4, 0.5) is 0 Å². The van der Waals surface area contributed by atoms with Crippen LogP contribution in [0.2, 0.25) is 0 Å². The average molecular weight is 389 g/mol. The summed E-state index contributed by atoms with van der Waals surface area (Å²) in [6, 6.07) is 9.69. The molecule has 0 fully saturated rings. The predicted octanol–water partition coefficient (Wildman–Crippen LogP) is 4.80. The van der Waals surface area contributed by atoms with Gasteiger partial charge in [0, 0.05) is 22.2 Å². The highest BCUT2D eigenvalue weighted by Gasteiger charge is 2.18. The molecule has 0 spiro atoms. The molecule has 0 atom stereocenters. The largest absolute Gasteiger partial charge is 0.496 e. The molecule has 0 bridgehead atoms. The van der Waals surface area contributed by atoms with E-state index in [1.165, 1.54) is 11.5 Å².